The molecule has 2 aromatic rings. The first-order valence-corrected chi connectivity index (χ1v) is 14.2. The molecule has 2 atom stereocenters. The van der Waals surface area contributed by atoms with Crippen LogP contribution in [0.25, 0.3) is 0 Å². The number of hydrogen-bond donors (Lipinski definition) is 4. The number of nitrogens with two attached hydrogens (primary N) is 3. The van der Waals surface area contributed by atoms with Crippen molar-refractivity contribution in [2.75, 3.05) is 53.4 Å². The number of likely N-dealkylation sites (N-methyl/N-ethyl adjacent to an activating group) is 2. The van der Waals surface area contributed by atoms with Crippen LogP contribution in [-0.2, 0) is 27.0 Å². The minimum Gasteiger partial charge on any atom is -0.343 e. The minimum atomic E-state index is -4.52. The van der Waals surface area contributed by atoms with E-state index in [1.807, 2.05) is 30.3 Å². The van der Waals surface area contributed by atoms with Crippen LogP contribution in [0.3, 0.4) is 0 Å². The summed E-state index contributed by atoms with van der Waals surface area (Å²) in [5.41, 5.74) is 17.3. The number of benzene rings is 2. The third-order valence-electron chi connectivity index (χ3n) is 7.01. The van der Waals surface area contributed by atoms with E-state index in [1.165, 1.54) is 28.8 Å². The normalized spacial score (nSPS) is 12.6. The number of amides is 4. The van der Waals surface area contributed by atoms with Crippen LogP contribution in [-0.4, -0.2) is 104 Å². The molecular formula is C30H42F3N7O4. The maximum atomic E-state index is 13.5. The predicted octanol–water partition coefficient (Wildman–Crippen LogP) is 0.817. The minimum absolute atomic E-state index is 0.0718. The van der Waals surface area contributed by atoms with Crippen molar-refractivity contribution in [3.05, 3.63) is 71.3 Å². The summed E-state index contributed by atoms with van der Waals surface area (Å²) < 4.78 is 38.6. The van der Waals surface area contributed by atoms with Gasteiger partial charge in [-0.05, 0) is 42.7 Å². The average Bonchev–Trinajstić information content (AvgIpc) is 3.00. The lowest BCUT2D eigenvalue weighted by Gasteiger charge is -2.28. The standard InChI is InChI=1S/C30H42F3N7O4/c1-38(28(43)22-9-11-23(12-10-22)30(31,32)33)18-19-39(2)29(44)25(13-8-21-6-4-3-5-7-21)37-27(42)24(36)20-26(41)40(16-14-34)17-15-35/h3-7,9-12,24-25H,8,13-20,34-36H2,1-2H3,(H,37,42)/t24-,25-/m0/s1. The van der Waals surface area contributed by atoms with E-state index in [9.17, 15) is 32.3 Å². The second-order valence-corrected chi connectivity index (χ2v) is 10.4. The van der Waals surface area contributed by atoms with Crippen molar-refractivity contribution in [2.24, 2.45) is 17.2 Å². The quantitative estimate of drug-likeness (QED) is 0.215. The average molecular weight is 622 g/mol. The molecule has 7 N–H and O–H groups in total. The van der Waals surface area contributed by atoms with Gasteiger partial charge in [0.05, 0.1) is 18.0 Å². The summed E-state index contributed by atoms with van der Waals surface area (Å²) in [5.74, 6) is -2.00. The molecule has 44 heavy (non-hydrogen) atoms. The van der Waals surface area contributed by atoms with Crippen molar-refractivity contribution < 1.29 is 32.3 Å². The fourth-order valence-electron chi connectivity index (χ4n) is 4.37. The molecule has 0 heterocycles. The number of carbonyl (C=O) groups excluding carboxylic acids is 4. The predicted molar refractivity (Wildman–Crippen MR) is 160 cm³/mol. The highest BCUT2D eigenvalue weighted by Gasteiger charge is 2.31. The van der Waals surface area contributed by atoms with E-state index in [0.29, 0.717) is 6.42 Å². The van der Waals surface area contributed by atoms with Gasteiger partial charge in [-0.2, -0.15) is 13.2 Å². The number of nitrogens with zero attached hydrogens (tertiary/aromatic N) is 3. The zero-order valence-corrected chi connectivity index (χ0v) is 25.1. The second-order valence-electron chi connectivity index (χ2n) is 10.4. The maximum absolute atomic E-state index is 13.5. The summed E-state index contributed by atoms with van der Waals surface area (Å²) in [6.45, 7) is 1.14. The first-order valence-electron chi connectivity index (χ1n) is 14.2. The van der Waals surface area contributed by atoms with Gasteiger partial charge in [0.1, 0.15) is 6.04 Å². The highest BCUT2D eigenvalue weighted by atomic mass is 19.4. The van der Waals surface area contributed by atoms with Gasteiger partial charge in [0.2, 0.25) is 17.7 Å². The summed E-state index contributed by atoms with van der Waals surface area (Å²) in [6.07, 6.45) is -4.10. The summed E-state index contributed by atoms with van der Waals surface area (Å²) in [5, 5.41) is 2.68. The highest BCUT2D eigenvalue weighted by Crippen LogP contribution is 2.29. The van der Waals surface area contributed by atoms with E-state index in [1.54, 1.807) is 0 Å². The molecule has 0 radical (unpaired) electrons. The fourth-order valence-corrected chi connectivity index (χ4v) is 4.37. The van der Waals surface area contributed by atoms with Crippen molar-refractivity contribution >= 4 is 23.6 Å². The van der Waals surface area contributed by atoms with Gasteiger partial charge >= 0.3 is 6.18 Å². The van der Waals surface area contributed by atoms with E-state index in [2.05, 4.69) is 5.32 Å². The Bertz CT molecular complexity index is 1220. The molecule has 0 unspecified atom stereocenters. The van der Waals surface area contributed by atoms with Crippen molar-refractivity contribution in [3.63, 3.8) is 0 Å². The Morgan fingerprint density at radius 2 is 1.41 bits per heavy atom. The number of halogens is 3. The Labute approximate surface area is 255 Å². The van der Waals surface area contributed by atoms with E-state index in [4.69, 9.17) is 17.2 Å². The van der Waals surface area contributed by atoms with Gasteiger partial charge in [-0.3, -0.25) is 19.2 Å². The molecule has 242 valence electrons. The second kappa shape index (κ2) is 17.3. The zero-order chi connectivity index (χ0) is 32.9. The number of alkyl halides is 3. The largest absolute Gasteiger partial charge is 0.416 e. The van der Waals surface area contributed by atoms with Gasteiger partial charge in [-0.25, -0.2) is 0 Å². The molecule has 0 saturated carbocycles. The topological polar surface area (TPSA) is 168 Å². The van der Waals surface area contributed by atoms with Gasteiger partial charge in [-0.15, -0.1) is 0 Å². The van der Waals surface area contributed by atoms with Gasteiger partial charge in [0.25, 0.3) is 5.91 Å². The van der Waals surface area contributed by atoms with Crippen LogP contribution >= 0.6 is 0 Å². The molecule has 2 aromatic carbocycles. The Morgan fingerprint density at radius 3 is 1.95 bits per heavy atom. The molecule has 0 bridgehead atoms. The Morgan fingerprint density at radius 1 is 0.841 bits per heavy atom. The van der Waals surface area contributed by atoms with Crippen LogP contribution < -0.4 is 22.5 Å². The highest BCUT2D eigenvalue weighted by molar-refractivity contribution is 5.94. The number of aryl methyl sites for hydroxylation is 1. The summed E-state index contributed by atoms with van der Waals surface area (Å²) >= 11 is 0. The number of carbonyl (C=O) groups is 4. The van der Waals surface area contributed by atoms with Gasteiger partial charge in [0, 0.05) is 58.9 Å². The van der Waals surface area contributed by atoms with Crippen LogP contribution in [0.15, 0.2) is 54.6 Å². The molecule has 4 amide bonds. The lowest BCUT2D eigenvalue weighted by atomic mass is 10.0. The molecule has 0 aromatic heterocycles. The molecular weight excluding hydrogens is 579 g/mol. The first-order chi connectivity index (χ1) is 20.8. The molecule has 11 nitrogen and oxygen atoms in total. The van der Waals surface area contributed by atoms with Gasteiger partial charge < -0.3 is 37.2 Å². The SMILES string of the molecule is CN(CCN(C)C(=O)[C@H](CCc1ccccc1)NC(=O)[C@@H](N)CC(=O)N(CCN)CCN)C(=O)c1ccc(C(F)(F)F)cc1. The Kier molecular flexibility index (Phi) is 14.2. The molecule has 0 fully saturated rings. The van der Waals surface area contributed by atoms with E-state index >= 15 is 0 Å². The smallest absolute Gasteiger partial charge is 0.343 e. The number of hydrogen-bond acceptors (Lipinski definition) is 7. The van der Waals surface area contributed by atoms with Crippen molar-refractivity contribution in [1.82, 2.24) is 20.0 Å². The third kappa shape index (κ3) is 11.2. The molecule has 0 aliphatic rings. The number of nitrogens with one attached hydrogen (secondary N) is 1. The molecule has 0 aliphatic carbocycles. The van der Waals surface area contributed by atoms with Crippen molar-refractivity contribution in [2.45, 2.75) is 37.5 Å². The maximum Gasteiger partial charge on any atom is 0.416 e. The summed E-state index contributed by atoms with van der Waals surface area (Å²) in [4.78, 5) is 55.9. The molecule has 0 saturated heterocycles. The van der Waals surface area contributed by atoms with Gasteiger partial charge in [0.15, 0.2) is 0 Å². The summed E-state index contributed by atoms with van der Waals surface area (Å²) in [6, 6.07) is 11.0. The van der Waals surface area contributed by atoms with Crippen LogP contribution in [0.1, 0.15) is 34.3 Å². The Balaban J connectivity index is 2.06. The lowest BCUT2D eigenvalue weighted by Crippen LogP contribution is -2.54. The lowest BCUT2D eigenvalue weighted by molar-refractivity contribution is -0.138. The monoisotopic (exact) mass is 621 g/mol. The Hall–Kier alpha value is -4.01. The third-order valence-corrected chi connectivity index (χ3v) is 7.01. The van der Waals surface area contributed by atoms with Gasteiger partial charge in [-0.1, -0.05) is 30.3 Å². The van der Waals surface area contributed by atoms with Crippen molar-refractivity contribution in [1.29, 1.82) is 0 Å². The van der Waals surface area contributed by atoms with E-state index < -0.39 is 41.5 Å². The zero-order valence-electron chi connectivity index (χ0n) is 25.1. The molecule has 14 heteroatoms. The number of rotatable bonds is 16. The van der Waals surface area contributed by atoms with Crippen LogP contribution in [0.2, 0.25) is 0 Å². The van der Waals surface area contributed by atoms with E-state index in [-0.39, 0.29) is 63.6 Å². The molecule has 2 rings (SSSR count). The van der Waals surface area contributed by atoms with Crippen LogP contribution in [0.5, 0.6) is 0 Å². The summed E-state index contributed by atoms with van der Waals surface area (Å²) in [7, 11) is 2.99. The fraction of sp³-hybridized carbons (Fsp3) is 0.467. The first kappa shape index (κ1) is 36.2. The van der Waals surface area contributed by atoms with Crippen LogP contribution in [0.4, 0.5) is 13.2 Å². The van der Waals surface area contributed by atoms with E-state index in [0.717, 1.165) is 29.8 Å². The van der Waals surface area contributed by atoms with Crippen LogP contribution in [0, 0.1) is 0 Å². The molecule has 0 spiro atoms. The molecule has 0 aliphatic heterocycles. The van der Waals surface area contributed by atoms with Crippen molar-refractivity contribution in [3.8, 4) is 0 Å².